The van der Waals surface area contributed by atoms with Gasteiger partial charge in [-0.1, -0.05) is 51.1 Å². The molecular weight excluding hydrogens is 258 g/mol. The number of nitrogens with zero attached hydrogens (tertiary/aromatic N) is 2. The second kappa shape index (κ2) is 7.41. The Kier molecular flexibility index (Phi) is 5.57. The first-order valence-electron chi connectivity index (χ1n) is 7.88. The van der Waals surface area contributed by atoms with Gasteiger partial charge in [0.15, 0.2) is 0 Å². The van der Waals surface area contributed by atoms with Gasteiger partial charge in [-0.2, -0.15) is 5.10 Å². The quantitative estimate of drug-likeness (QED) is 0.833. The van der Waals surface area contributed by atoms with Crippen LogP contribution in [-0.2, 0) is 0 Å². The third kappa shape index (κ3) is 4.43. The molecule has 1 aromatic carbocycles. The van der Waals surface area contributed by atoms with Gasteiger partial charge in [-0.3, -0.25) is 4.68 Å². The predicted octanol–water partition coefficient (Wildman–Crippen LogP) is 3.99. The third-order valence-corrected chi connectivity index (χ3v) is 3.97. The van der Waals surface area contributed by atoms with Crippen LogP contribution in [-0.4, -0.2) is 22.9 Å². The first-order chi connectivity index (χ1) is 10.1. The molecule has 1 aromatic heterocycles. The summed E-state index contributed by atoms with van der Waals surface area (Å²) in [7, 11) is 0. The molecule has 0 aliphatic heterocycles. The lowest BCUT2D eigenvalue weighted by atomic mass is 10.0. The number of rotatable bonds is 7. The fourth-order valence-corrected chi connectivity index (χ4v) is 2.37. The fraction of sp³-hybridized carbons (Fsp3) is 0.500. The van der Waals surface area contributed by atoms with Gasteiger partial charge in [0.05, 0.1) is 12.2 Å². The monoisotopic (exact) mass is 285 g/mol. The smallest absolute Gasteiger partial charge is 0.0568 e. The van der Waals surface area contributed by atoms with Gasteiger partial charge >= 0.3 is 0 Å². The molecule has 0 amide bonds. The maximum Gasteiger partial charge on any atom is 0.0568 e. The lowest BCUT2D eigenvalue weighted by molar-refractivity contribution is 0.332. The molecule has 0 saturated carbocycles. The van der Waals surface area contributed by atoms with Gasteiger partial charge in [0, 0.05) is 11.8 Å². The summed E-state index contributed by atoms with van der Waals surface area (Å²) < 4.78 is 2.09. The van der Waals surface area contributed by atoms with Crippen molar-refractivity contribution in [3.8, 4) is 11.1 Å². The van der Waals surface area contributed by atoms with Crippen LogP contribution >= 0.6 is 0 Å². The minimum atomic E-state index is 0.391. The molecule has 0 aliphatic rings. The summed E-state index contributed by atoms with van der Waals surface area (Å²) in [5.74, 6) is 1.24. The topological polar surface area (TPSA) is 29.9 Å². The van der Waals surface area contributed by atoms with Crippen LogP contribution in [0.25, 0.3) is 11.1 Å². The van der Waals surface area contributed by atoms with E-state index in [0.29, 0.717) is 17.9 Å². The van der Waals surface area contributed by atoms with Crippen molar-refractivity contribution < 1.29 is 0 Å². The number of aromatic nitrogens is 2. The molecule has 21 heavy (non-hydrogen) atoms. The standard InChI is InChI=1S/C18H27N3/c1-14(2)10-19-11-15(3)16(4)21-13-18(12-20-21)17-8-6-5-7-9-17/h5-9,12-16,19H,10-11H2,1-4H3. The Morgan fingerprint density at radius 3 is 2.38 bits per heavy atom. The van der Waals surface area contributed by atoms with Crippen LogP contribution < -0.4 is 5.32 Å². The van der Waals surface area contributed by atoms with Crippen LogP contribution in [0, 0.1) is 11.8 Å². The van der Waals surface area contributed by atoms with E-state index in [9.17, 15) is 0 Å². The minimum Gasteiger partial charge on any atom is -0.316 e. The molecule has 2 unspecified atom stereocenters. The Bertz CT molecular complexity index is 530. The zero-order valence-corrected chi connectivity index (χ0v) is 13.6. The van der Waals surface area contributed by atoms with Crippen molar-refractivity contribution in [3.05, 3.63) is 42.7 Å². The SMILES string of the molecule is CC(C)CNCC(C)C(C)n1cc(-c2ccccc2)cn1. The molecule has 0 aliphatic carbocycles. The number of hydrogen-bond acceptors (Lipinski definition) is 2. The fourth-order valence-electron chi connectivity index (χ4n) is 2.37. The Labute approximate surface area is 128 Å². The van der Waals surface area contributed by atoms with Gasteiger partial charge in [0.2, 0.25) is 0 Å². The largest absolute Gasteiger partial charge is 0.316 e. The van der Waals surface area contributed by atoms with E-state index in [1.54, 1.807) is 0 Å². The molecule has 0 fully saturated rings. The highest BCUT2D eigenvalue weighted by atomic mass is 15.3. The first-order valence-corrected chi connectivity index (χ1v) is 7.88. The molecule has 1 heterocycles. The van der Waals surface area contributed by atoms with E-state index in [1.807, 2.05) is 12.3 Å². The Hall–Kier alpha value is -1.61. The molecule has 2 atom stereocenters. The van der Waals surface area contributed by atoms with Crippen molar-refractivity contribution in [3.63, 3.8) is 0 Å². The van der Waals surface area contributed by atoms with Gasteiger partial charge in [0.25, 0.3) is 0 Å². The summed E-state index contributed by atoms with van der Waals surface area (Å²) >= 11 is 0. The molecular formula is C18H27N3. The van der Waals surface area contributed by atoms with Crippen molar-refractivity contribution >= 4 is 0 Å². The second-order valence-electron chi connectivity index (χ2n) is 6.35. The zero-order chi connectivity index (χ0) is 15.2. The van der Waals surface area contributed by atoms with Crippen molar-refractivity contribution in [2.45, 2.75) is 33.7 Å². The van der Waals surface area contributed by atoms with E-state index in [4.69, 9.17) is 0 Å². The van der Waals surface area contributed by atoms with E-state index in [2.05, 4.69) is 73.3 Å². The number of nitrogens with one attached hydrogen (secondary N) is 1. The maximum absolute atomic E-state index is 4.55. The average molecular weight is 285 g/mol. The van der Waals surface area contributed by atoms with Crippen LogP contribution in [0.1, 0.15) is 33.7 Å². The summed E-state index contributed by atoms with van der Waals surface area (Å²) in [6, 6.07) is 10.8. The van der Waals surface area contributed by atoms with E-state index in [1.165, 1.54) is 11.1 Å². The van der Waals surface area contributed by atoms with E-state index in [0.717, 1.165) is 13.1 Å². The van der Waals surface area contributed by atoms with Crippen LogP contribution in [0.5, 0.6) is 0 Å². The molecule has 0 saturated heterocycles. The summed E-state index contributed by atoms with van der Waals surface area (Å²) in [5, 5.41) is 8.08. The van der Waals surface area contributed by atoms with Gasteiger partial charge in [-0.05, 0) is 37.4 Å². The molecule has 114 valence electrons. The van der Waals surface area contributed by atoms with Crippen LogP contribution in [0.4, 0.5) is 0 Å². The van der Waals surface area contributed by atoms with E-state index in [-0.39, 0.29) is 0 Å². The van der Waals surface area contributed by atoms with E-state index < -0.39 is 0 Å². The Morgan fingerprint density at radius 2 is 1.71 bits per heavy atom. The Morgan fingerprint density at radius 1 is 1.00 bits per heavy atom. The molecule has 1 N–H and O–H groups in total. The summed E-state index contributed by atoms with van der Waals surface area (Å²) in [6.07, 6.45) is 4.11. The predicted molar refractivity (Wildman–Crippen MR) is 89.2 cm³/mol. The van der Waals surface area contributed by atoms with Crippen molar-refractivity contribution in [2.24, 2.45) is 11.8 Å². The van der Waals surface area contributed by atoms with Gasteiger partial charge in [0.1, 0.15) is 0 Å². The molecule has 3 nitrogen and oxygen atoms in total. The van der Waals surface area contributed by atoms with Crippen LogP contribution in [0.3, 0.4) is 0 Å². The highest BCUT2D eigenvalue weighted by Gasteiger charge is 2.15. The van der Waals surface area contributed by atoms with Gasteiger partial charge < -0.3 is 5.32 Å². The number of benzene rings is 1. The van der Waals surface area contributed by atoms with Gasteiger partial charge in [-0.15, -0.1) is 0 Å². The lowest BCUT2D eigenvalue weighted by Crippen LogP contribution is -2.29. The summed E-state index contributed by atoms with van der Waals surface area (Å²) in [6.45, 7) is 11.1. The van der Waals surface area contributed by atoms with Crippen molar-refractivity contribution in [2.75, 3.05) is 13.1 Å². The highest BCUT2D eigenvalue weighted by molar-refractivity contribution is 5.61. The van der Waals surface area contributed by atoms with Crippen molar-refractivity contribution in [1.82, 2.24) is 15.1 Å². The molecule has 0 bridgehead atoms. The van der Waals surface area contributed by atoms with E-state index >= 15 is 0 Å². The molecule has 3 heteroatoms. The second-order valence-corrected chi connectivity index (χ2v) is 6.35. The van der Waals surface area contributed by atoms with Crippen LogP contribution in [0.2, 0.25) is 0 Å². The normalized spacial score (nSPS) is 14.3. The third-order valence-electron chi connectivity index (χ3n) is 3.97. The molecule has 0 radical (unpaired) electrons. The van der Waals surface area contributed by atoms with Crippen LogP contribution in [0.15, 0.2) is 42.7 Å². The van der Waals surface area contributed by atoms with Gasteiger partial charge in [-0.25, -0.2) is 0 Å². The highest BCUT2D eigenvalue weighted by Crippen LogP contribution is 2.22. The zero-order valence-electron chi connectivity index (χ0n) is 13.6. The Balaban J connectivity index is 1.97. The number of hydrogen-bond donors (Lipinski definition) is 1. The lowest BCUT2D eigenvalue weighted by Gasteiger charge is -2.21. The average Bonchev–Trinajstić information content (AvgIpc) is 2.96. The summed E-state index contributed by atoms with van der Waals surface area (Å²) in [5.41, 5.74) is 2.41. The molecule has 2 rings (SSSR count). The molecule has 2 aromatic rings. The molecule has 0 spiro atoms. The minimum absolute atomic E-state index is 0.391. The first kappa shape index (κ1) is 15.8. The maximum atomic E-state index is 4.55. The van der Waals surface area contributed by atoms with Crippen molar-refractivity contribution in [1.29, 1.82) is 0 Å². The summed E-state index contributed by atoms with van der Waals surface area (Å²) in [4.78, 5) is 0.